The van der Waals surface area contributed by atoms with Crippen molar-refractivity contribution in [3.8, 4) is 0 Å². The maximum atomic E-state index is 12.0. The van der Waals surface area contributed by atoms with Crippen LogP contribution in [0.15, 0.2) is 18.2 Å². The number of hydrogen-bond acceptors (Lipinski definition) is 4. The Morgan fingerprint density at radius 3 is 2.76 bits per heavy atom. The fourth-order valence-electron chi connectivity index (χ4n) is 2.07. The lowest BCUT2D eigenvalue weighted by Crippen LogP contribution is -2.32. The number of carboxylic acid groups (broad SMARTS) is 1. The Hall–Kier alpha value is -2.44. The molecule has 0 spiro atoms. The van der Waals surface area contributed by atoms with Crippen LogP contribution in [0.1, 0.15) is 30.6 Å². The second kappa shape index (κ2) is 6.34. The third-order valence-corrected chi connectivity index (χ3v) is 3.43. The van der Waals surface area contributed by atoms with Gasteiger partial charge in [-0.05, 0) is 31.5 Å². The van der Waals surface area contributed by atoms with Gasteiger partial charge in [-0.25, -0.2) is 4.68 Å². The normalized spacial score (nSPS) is 12.3. The third-order valence-electron chi connectivity index (χ3n) is 3.43. The first-order valence-electron chi connectivity index (χ1n) is 6.91. The van der Waals surface area contributed by atoms with Crippen molar-refractivity contribution in [2.45, 2.75) is 26.8 Å². The summed E-state index contributed by atoms with van der Waals surface area (Å²) in [7, 11) is 0. The van der Waals surface area contributed by atoms with Crippen molar-refractivity contribution in [1.29, 1.82) is 0 Å². The molecule has 0 fully saturated rings. The number of hydrogen-bond donors (Lipinski definition) is 2. The molecular weight excluding hydrogens is 272 g/mol. The van der Waals surface area contributed by atoms with E-state index in [-0.39, 0.29) is 12.5 Å². The molecule has 1 unspecified atom stereocenters. The van der Waals surface area contributed by atoms with E-state index in [0.29, 0.717) is 24.0 Å². The molecule has 0 saturated carbocycles. The highest BCUT2D eigenvalue weighted by atomic mass is 16.4. The van der Waals surface area contributed by atoms with Gasteiger partial charge in [-0.1, -0.05) is 12.1 Å². The zero-order chi connectivity index (χ0) is 15.4. The van der Waals surface area contributed by atoms with Gasteiger partial charge in [0, 0.05) is 18.7 Å². The average Bonchev–Trinajstić information content (AvgIpc) is 2.89. The third kappa shape index (κ3) is 3.18. The quantitative estimate of drug-likeness (QED) is 0.835. The molecule has 1 amide bonds. The molecule has 1 aromatic heterocycles. The predicted octanol–water partition coefficient (Wildman–Crippen LogP) is 1.29. The average molecular weight is 290 g/mol. The van der Waals surface area contributed by atoms with Crippen molar-refractivity contribution >= 4 is 22.9 Å². The number of carbonyl (C=O) groups excluding carboxylic acids is 1. The van der Waals surface area contributed by atoms with Gasteiger partial charge < -0.3 is 10.4 Å². The standard InChI is InChI=1S/C14H18N4O3/c1-3-9(14(20)21)8-15-13(19)10-5-6-12-11(7-10)16-17-18(12)4-2/h5-7,9H,3-4,8H2,1-2H3,(H,15,19)(H,20,21). The number of nitrogens with zero attached hydrogens (tertiary/aromatic N) is 3. The lowest BCUT2D eigenvalue weighted by atomic mass is 10.1. The number of nitrogens with one attached hydrogen (secondary N) is 1. The Morgan fingerprint density at radius 1 is 1.38 bits per heavy atom. The van der Waals surface area contributed by atoms with Gasteiger partial charge >= 0.3 is 5.97 Å². The summed E-state index contributed by atoms with van der Waals surface area (Å²) in [6.45, 7) is 4.56. The first kappa shape index (κ1) is 15.0. The van der Waals surface area contributed by atoms with Crippen molar-refractivity contribution in [3.05, 3.63) is 23.8 Å². The van der Waals surface area contributed by atoms with Crippen LogP contribution in [0.5, 0.6) is 0 Å². The Morgan fingerprint density at radius 2 is 2.14 bits per heavy atom. The second-order valence-electron chi connectivity index (χ2n) is 4.76. The summed E-state index contributed by atoms with van der Waals surface area (Å²) in [4.78, 5) is 23.0. The molecule has 2 aromatic rings. The van der Waals surface area contributed by atoms with Crippen molar-refractivity contribution < 1.29 is 14.7 Å². The molecular formula is C14H18N4O3. The van der Waals surface area contributed by atoms with Crippen molar-refractivity contribution in [2.75, 3.05) is 6.54 Å². The van der Waals surface area contributed by atoms with Crippen LogP contribution in [-0.4, -0.2) is 38.5 Å². The zero-order valence-electron chi connectivity index (χ0n) is 12.0. The fourth-order valence-corrected chi connectivity index (χ4v) is 2.07. The number of aryl methyl sites for hydroxylation is 1. The highest BCUT2D eigenvalue weighted by Crippen LogP contribution is 2.13. The van der Waals surface area contributed by atoms with E-state index in [1.807, 2.05) is 6.92 Å². The molecule has 1 aromatic carbocycles. The molecule has 1 heterocycles. The van der Waals surface area contributed by atoms with E-state index in [0.717, 1.165) is 5.52 Å². The number of amides is 1. The van der Waals surface area contributed by atoms with Crippen molar-refractivity contribution in [2.24, 2.45) is 5.92 Å². The Balaban J connectivity index is 2.11. The van der Waals surface area contributed by atoms with E-state index in [1.165, 1.54) is 0 Å². The molecule has 112 valence electrons. The number of rotatable bonds is 6. The molecule has 7 heteroatoms. The largest absolute Gasteiger partial charge is 0.481 e. The van der Waals surface area contributed by atoms with Crippen LogP contribution in [-0.2, 0) is 11.3 Å². The molecule has 0 aliphatic heterocycles. The number of carbonyl (C=O) groups is 2. The molecule has 0 aliphatic rings. The van der Waals surface area contributed by atoms with Gasteiger partial charge in [-0.3, -0.25) is 9.59 Å². The topological polar surface area (TPSA) is 97.1 Å². The summed E-state index contributed by atoms with van der Waals surface area (Å²) in [6.07, 6.45) is 0.472. The van der Waals surface area contributed by atoms with Gasteiger partial charge in [-0.2, -0.15) is 0 Å². The summed E-state index contributed by atoms with van der Waals surface area (Å²) in [5, 5.41) is 19.6. The van der Waals surface area contributed by atoms with Gasteiger partial charge in [0.25, 0.3) is 5.91 Å². The van der Waals surface area contributed by atoms with Crippen LogP contribution in [0.4, 0.5) is 0 Å². The Bertz CT molecular complexity index is 665. The maximum absolute atomic E-state index is 12.0. The Kier molecular flexibility index (Phi) is 4.52. The Labute approximate surface area is 121 Å². The fraction of sp³-hybridized carbons (Fsp3) is 0.429. The van der Waals surface area contributed by atoms with Crippen LogP contribution < -0.4 is 5.32 Å². The summed E-state index contributed by atoms with van der Waals surface area (Å²) < 4.78 is 1.74. The molecule has 21 heavy (non-hydrogen) atoms. The van der Waals surface area contributed by atoms with Gasteiger partial charge in [-0.15, -0.1) is 5.10 Å². The van der Waals surface area contributed by atoms with Gasteiger partial charge in [0.1, 0.15) is 5.52 Å². The van der Waals surface area contributed by atoms with E-state index in [4.69, 9.17) is 5.11 Å². The predicted molar refractivity (Wildman–Crippen MR) is 77.0 cm³/mol. The highest BCUT2D eigenvalue weighted by Gasteiger charge is 2.17. The zero-order valence-corrected chi connectivity index (χ0v) is 12.0. The van der Waals surface area contributed by atoms with E-state index in [1.54, 1.807) is 29.8 Å². The minimum absolute atomic E-state index is 0.115. The number of aromatic nitrogens is 3. The smallest absolute Gasteiger partial charge is 0.308 e. The van der Waals surface area contributed by atoms with Crippen LogP contribution in [0.3, 0.4) is 0 Å². The maximum Gasteiger partial charge on any atom is 0.308 e. The molecule has 2 rings (SSSR count). The number of carboxylic acids is 1. The molecule has 0 radical (unpaired) electrons. The van der Waals surface area contributed by atoms with Crippen LogP contribution in [0.25, 0.3) is 11.0 Å². The van der Waals surface area contributed by atoms with Crippen molar-refractivity contribution in [3.63, 3.8) is 0 Å². The number of fused-ring (bicyclic) bond motifs is 1. The minimum atomic E-state index is -0.904. The lowest BCUT2D eigenvalue weighted by Gasteiger charge is -2.11. The van der Waals surface area contributed by atoms with Crippen LogP contribution in [0, 0.1) is 5.92 Å². The van der Waals surface area contributed by atoms with E-state index in [2.05, 4.69) is 15.6 Å². The molecule has 7 nitrogen and oxygen atoms in total. The lowest BCUT2D eigenvalue weighted by molar-refractivity contribution is -0.141. The first-order chi connectivity index (χ1) is 10.1. The first-order valence-corrected chi connectivity index (χ1v) is 6.91. The minimum Gasteiger partial charge on any atom is -0.481 e. The highest BCUT2D eigenvalue weighted by molar-refractivity contribution is 5.97. The summed E-state index contributed by atoms with van der Waals surface area (Å²) >= 11 is 0. The van der Waals surface area contributed by atoms with Crippen molar-refractivity contribution in [1.82, 2.24) is 20.3 Å². The SMILES string of the molecule is CCC(CNC(=O)c1ccc2c(c1)nnn2CC)C(=O)O. The molecule has 0 bridgehead atoms. The van der Waals surface area contributed by atoms with Gasteiger partial charge in [0.2, 0.25) is 0 Å². The second-order valence-corrected chi connectivity index (χ2v) is 4.76. The van der Waals surface area contributed by atoms with Gasteiger partial charge in [0.05, 0.1) is 11.4 Å². The molecule has 0 aliphatic carbocycles. The molecule has 0 saturated heterocycles. The summed E-state index contributed by atoms with van der Waals surface area (Å²) in [6, 6.07) is 5.14. The van der Waals surface area contributed by atoms with E-state index >= 15 is 0 Å². The van der Waals surface area contributed by atoms with Crippen LogP contribution >= 0.6 is 0 Å². The number of aliphatic carboxylic acids is 1. The van der Waals surface area contributed by atoms with Crippen LogP contribution in [0.2, 0.25) is 0 Å². The molecule has 1 atom stereocenters. The van der Waals surface area contributed by atoms with E-state index in [9.17, 15) is 9.59 Å². The van der Waals surface area contributed by atoms with E-state index < -0.39 is 11.9 Å². The monoisotopic (exact) mass is 290 g/mol. The molecule has 2 N–H and O–H groups in total. The van der Waals surface area contributed by atoms with Gasteiger partial charge in [0.15, 0.2) is 0 Å². The summed E-state index contributed by atoms with van der Waals surface area (Å²) in [5.74, 6) is -1.78. The number of benzene rings is 1. The summed E-state index contributed by atoms with van der Waals surface area (Å²) in [5.41, 5.74) is 1.96.